The molecule has 0 saturated heterocycles. The zero-order valence-corrected chi connectivity index (χ0v) is 21.5. The van der Waals surface area contributed by atoms with E-state index in [2.05, 4.69) is 32.2 Å². The van der Waals surface area contributed by atoms with E-state index in [0.29, 0.717) is 29.7 Å². The van der Waals surface area contributed by atoms with E-state index in [0.717, 1.165) is 31.4 Å². The lowest BCUT2D eigenvalue weighted by Gasteiger charge is -2.24. The molecule has 34 heavy (non-hydrogen) atoms. The second kappa shape index (κ2) is 14.6. The first-order chi connectivity index (χ1) is 16.3. The van der Waals surface area contributed by atoms with Gasteiger partial charge >= 0.3 is 11.9 Å². The highest BCUT2D eigenvalue weighted by molar-refractivity contribution is 5.88. The molecule has 2 rings (SSSR count). The second-order valence-corrected chi connectivity index (χ2v) is 9.50. The van der Waals surface area contributed by atoms with Crippen molar-refractivity contribution >= 4 is 11.9 Å². The van der Waals surface area contributed by atoms with Crippen molar-refractivity contribution in [1.29, 1.82) is 0 Å². The Bertz CT molecular complexity index is 895. The van der Waals surface area contributed by atoms with Crippen LogP contribution in [0.5, 0.6) is 0 Å². The Morgan fingerprint density at radius 2 is 1.32 bits per heavy atom. The Hall–Kier alpha value is -2.62. The maximum Gasteiger partial charge on any atom is 0.338 e. The standard InChI is InChI=1S/C30H42O4/c1-6-7-8-9-10-11-12-13-14-25-21-27(34-30(32)23(4)5)19-20-28(25)24-15-17-26(18-16-24)33-29(31)22(2)3/h15,17,21H,2,4,6-14,16,18-20H2,1,3,5H3. The van der Waals surface area contributed by atoms with E-state index in [1.54, 1.807) is 13.8 Å². The summed E-state index contributed by atoms with van der Waals surface area (Å²) < 4.78 is 11.0. The van der Waals surface area contributed by atoms with Crippen LogP contribution in [-0.2, 0) is 19.1 Å². The molecule has 0 radical (unpaired) electrons. The van der Waals surface area contributed by atoms with Gasteiger partial charge in [0.1, 0.15) is 11.5 Å². The predicted molar refractivity (Wildman–Crippen MR) is 139 cm³/mol. The number of hydrogen-bond donors (Lipinski definition) is 0. The van der Waals surface area contributed by atoms with Crippen molar-refractivity contribution in [2.24, 2.45) is 0 Å². The van der Waals surface area contributed by atoms with Crippen LogP contribution in [0.15, 0.2) is 70.8 Å². The number of carbonyl (C=O) groups is 2. The SMILES string of the molecule is C=C(C)C(=O)OC1=CC=C(C2=C(CCCCCCCCCC)C=C(OC(=O)C(=C)C)CC2)CC1. The van der Waals surface area contributed by atoms with Crippen LogP contribution in [0.3, 0.4) is 0 Å². The number of hydrogen-bond acceptors (Lipinski definition) is 4. The largest absolute Gasteiger partial charge is 0.428 e. The van der Waals surface area contributed by atoms with Gasteiger partial charge in [-0.15, -0.1) is 0 Å². The fraction of sp³-hybridized carbons (Fsp3) is 0.533. The van der Waals surface area contributed by atoms with E-state index in [4.69, 9.17) is 9.47 Å². The lowest BCUT2D eigenvalue weighted by Crippen LogP contribution is -2.11. The number of carbonyl (C=O) groups excluding carboxylic acids is 2. The van der Waals surface area contributed by atoms with E-state index in [1.165, 1.54) is 61.7 Å². The van der Waals surface area contributed by atoms with Gasteiger partial charge in [0.15, 0.2) is 0 Å². The molecule has 0 saturated carbocycles. The molecule has 186 valence electrons. The molecular formula is C30H42O4. The molecule has 0 heterocycles. The van der Waals surface area contributed by atoms with E-state index in [1.807, 2.05) is 6.08 Å². The molecular weight excluding hydrogens is 424 g/mol. The number of unbranched alkanes of at least 4 members (excludes halogenated alkanes) is 7. The summed E-state index contributed by atoms with van der Waals surface area (Å²) in [4.78, 5) is 23.9. The summed E-state index contributed by atoms with van der Waals surface area (Å²) >= 11 is 0. The summed E-state index contributed by atoms with van der Waals surface area (Å²) in [6.07, 6.45) is 20.4. The minimum atomic E-state index is -0.373. The zero-order chi connectivity index (χ0) is 24.9. The van der Waals surface area contributed by atoms with Crippen molar-refractivity contribution in [3.8, 4) is 0 Å². The molecule has 0 spiro atoms. The van der Waals surface area contributed by atoms with Gasteiger partial charge in [-0.1, -0.05) is 71.1 Å². The van der Waals surface area contributed by atoms with Crippen molar-refractivity contribution < 1.29 is 19.1 Å². The smallest absolute Gasteiger partial charge is 0.338 e. The summed E-state index contributed by atoms with van der Waals surface area (Å²) in [5.41, 5.74) is 4.71. The molecule has 0 N–H and O–H groups in total. The van der Waals surface area contributed by atoms with Crippen LogP contribution < -0.4 is 0 Å². The van der Waals surface area contributed by atoms with E-state index in [9.17, 15) is 9.59 Å². The summed E-state index contributed by atoms with van der Waals surface area (Å²) in [5.74, 6) is 0.686. The summed E-state index contributed by atoms with van der Waals surface area (Å²) in [7, 11) is 0. The summed E-state index contributed by atoms with van der Waals surface area (Å²) in [6, 6.07) is 0. The fourth-order valence-electron chi connectivity index (χ4n) is 4.25. The highest BCUT2D eigenvalue weighted by Gasteiger charge is 2.21. The molecule has 2 aliphatic carbocycles. The van der Waals surface area contributed by atoms with E-state index >= 15 is 0 Å². The van der Waals surface area contributed by atoms with Gasteiger partial charge in [-0.3, -0.25) is 0 Å². The molecule has 2 aliphatic rings. The Kier molecular flexibility index (Phi) is 11.9. The minimum Gasteiger partial charge on any atom is -0.428 e. The summed E-state index contributed by atoms with van der Waals surface area (Å²) in [6.45, 7) is 12.9. The van der Waals surface area contributed by atoms with Gasteiger partial charge in [-0.25, -0.2) is 9.59 Å². The number of ether oxygens (including phenoxy) is 2. The molecule has 0 amide bonds. The third-order valence-electron chi connectivity index (χ3n) is 6.29. The Labute approximate surface area is 206 Å². The monoisotopic (exact) mass is 466 g/mol. The number of esters is 2. The maximum atomic E-state index is 12.0. The molecule has 0 aromatic heterocycles. The number of rotatable bonds is 14. The molecule has 4 heteroatoms. The first kappa shape index (κ1) is 27.6. The molecule has 0 aromatic rings. The van der Waals surface area contributed by atoms with Gasteiger partial charge in [0.25, 0.3) is 0 Å². The van der Waals surface area contributed by atoms with Crippen molar-refractivity contribution in [3.05, 3.63) is 70.8 Å². The average molecular weight is 467 g/mol. The predicted octanol–water partition coefficient (Wildman–Crippen LogP) is 8.33. The fourth-order valence-corrected chi connectivity index (χ4v) is 4.25. The van der Waals surface area contributed by atoms with Crippen LogP contribution >= 0.6 is 0 Å². The Morgan fingerprint density at radius 3 is 1.88 bits per heavy atom. The van der Waals surface area contributed by atoms with E-state index in [-0.39, 0.29) is 11.9 Å². The van der Waals surface area contributed by atoms with Gasteiger partial charge in [0.2, 0.25) is 0 Å². The average Bonchev–Trinajstić information content (AvgIpc) is 2.81. The van der Waals surface area contributed by atoms with Crippen LogP contribution in [0, 0.1) is 0 Å². The molecule has 0 aromatic carbocycles. The third-order valence-corrected chi connectivity index (χ3v) is 6.29. The molecule has 0 fully saturated rings. The first-order valence-corrected chi connectivity index (χ1v) is 12.9. The van der Waals surface area contributed by atoms with Crippen LogP contribution in [0.2, 0.25) is 0 Å². The van der Waals surface area contributed by atoms with Crippen LogP contribution in [0.1, 0.15) is 104 Å². The Balaban J connectivity index is 2.08. The molecule has 0 bridgehead atoms. The molecule has 0 unspecified atom stereocenters. The quantitative estimate of drug-likeness (QED) is 0.147. The zero-order valence-electron chi connectivity index (χ0n) is 21.5. The van der Waals surface area contributed by atoms with Crippen LogP contribution in [0.25, 0.3) is 0 Å². The van der Waals surface area contributed by atoms with Gasteiger partial charge in [-0.2, -0.15) is 0 Å². The minimum absolute atomic E-state index is 0.357. The highest BCUT2D eigenvalue weighted by Crippen LogP contribution is 2.36. The lowest BCUT2D eigenvalue weighted by molar-refractivity contribution is -0.136. The lowest BCUT2D eigenvalue weighted by atomic mass is 9.84. The third kappa shape index (κ3) is 9.32. The maximum absolute atomic E-state index is 12.0. The van der Waals surface area contributed by atoms with Crippen molar-refractivity contribution in [3.63, 3.8) is 0 Å². The van der Waals surface area contributed by atoms with Crippen molar-refractivity contribution in [1.82, 2.24) is 0 Å². The number of allylic oxidation sites excluding steroid dienone is 8. The van der Waals surface area contributed by atoms with Gasteiger partial charge in [-0.05, 0) is 68.4 Å². The molecule has 0 atom stereocenters. The van der Waals surface area contributed by atoms with Crippen molar-refractivity contribution in [2.75, 3.05) is 0 Å². The normalized spacial score (nSPS) is 15.8. The topological polar surface area (TPSA) is 52.6 Å². The van der Waals surface area contributed by atoms with Crippen LogP contribution in [0.4, 0.5) is 0 Å². The first-order valence-electron chi connectivity index (χ1n) is 12.9. The van der Waals surface area contributed by atoms with Gasteiger partial charge in [0, 0.05) is 24.0 Å². The van der Waals surface area contributed by atoms with Gasteiger partial charge in [0.05, 0.1) is 0 Å². The van der Waals surface area contributed by atoms with E-state index < -0.39 is 0 Å². The molecule has 4 nitrogen and oxygen atoms in total. The highest BCUT2D eigenvalue weighted by atomic mass is 16.5. The molecule has 0 aliphatic heterocycles. The summed E-state index contributed by atoms with van der Waals surface area (Å²) in [5, 5.41) is 0. The van der Waals surface area contributed by atoms with Crippen molar-refractivity contribution in [2.45, 2.75) is 104 Å². The second-order valence-electron chi connectivity index (χ2n) is 9.50. The van der Waals surface area contributed by atoms with Crippen LogP contribution in [-0.4, -0.2) is 11.9 Å². The van der Waals surface area contributed by atoms with Gasteiger partial charge < -0.3 is 9.47 Å². The Morgan fingerprint density at radius 1 is 0.765 bits per heavy atom.